The van der Waals surface area contributed by atoms with Gasteiger partial charge in [-0.05, 0) is 55.9 Å². The van der Waals surface area contributed by atoms with Crippen molar-refractivity contribution in [3.63, 3.8) is 0 Å². The summed E-state index contributed by atoms with van der Waals surface area (Å²) >= 11 is 0. The molecule has 0 saturated carbocycles. The van der Waals surface area contributed by atoms with Gasteiger partial charge in [-0.15, -0.1) is 0 Å². The van der Waals surface area contributed by atoms with E-state index in [1.54, 1.807) is 36.4 Å². The lowest BCUT2D eigenvalue weighted by molar-refractivity contribution is 0.216. The first-order valence-electron chi connectivity index (χ1n) is 8.33. The summed E-state index contributed by atoms with van der Waals surface area (Å²) in [4.78, 5) is 6.66. The lowest BCUT2D eigenvalue weighted by Crippen LogP contribution is -2.22. The summed E-state index contributed by atoms with van der Waals surface area (Å²) in [5.74, 6) is 0.526. The van der Waals surface area contributed by atoms with Crippen LogP contribution in [0.3, 0.4) is 0 Å². The van der Waals surface area contributed by atoms with Gasteiger partial charge in [0.15, 0.2) is 9.84 Å². The van der Waals surface area contributed by atoms with Crippen LogP contribution in [-0.4, -0.2) is 36.8 Å². The van der Waals surface area contributed by atoms with E-state index in [4.69, 9.17) is 4.52 Å². The van der Waals surface area contributed by atoms with Crippen LogP contribution in [0, 0.1) is 5.82 Å². The van der Waals surface area contributed by atoms with Crippen LogP contribution >= 0.6 is 0 Å². The highest BCUT2D eigenvalue weighted by Gasteiger charge is 2.17. The predicted molar refractivity (Wildman–Crippen MR) is 99.1 cm³/mol. The second-order valence-electron chi connectivity index (χ2n) is 6.45. The SMILES string of the molecule is CC(c1ccc(S(C)(=O)=O)cc1)N(C)Cc1nc(-c2ccc(F)cc2)no1. The van der Waals surface area contributed by atoms with E-state index in [9.17, 15) is 12.8 Å². The molecule has 6 nitrogen and oxygen atoms in total. The van der Waals surface area contributed by atoms with E-state index in [1.807, 2.05) is 18.9 Å². The third-order valence-corrected chi connectivity index (χ3v) is 5.54. The molecule has 142 valence electrons. The van der Waals surface area contributed by atoms with Gasteiger partial charge < -0.3 is 4.52 Å². The molecule has 0 aliphatic heterocycles. The van der Waals surface area contributed by atoms with Crippen LogP contribution in [0.2, 0.25) is 0 Å². The van der Waals surface area contributed by atoms with Crippen molar-refractivity contribution in [1.82, 2.24) is 15.0 Å². The van der Waals surface area contributed by atoms with Crippen molar-refractivity contribution in [2.24, 2.45) is 0 Å². The molecule has 27 heavy (non-hydrogen) atoms. The number of hydrogen-bond donors (Lipinski definition) is 0. The molecule has 1 atom stereocenters. The van der Waals surface area contributed by atoms with Crippen molar-refractivity contribution in [3.8, 4) is 11.4 Å². The Labute approximate surface area is 157 Å². The van der Waals surface area contributed by atoms with Crippen LogP contribution < -0.4 is 0 Å². The molecule has 0 spiro atoms. The Kier molecular flexibility index (Phi) is 5.38. The number of rotatable bonds is 6. The summed E-state index contributed by atoms with van der Waals surface area (Å²) < 4.78 is 41.4. The lowest BCUT2D eigenvalue weighted by atomic mass is 10.1. The van der Waals surface area contributed by atoms with Crippen LogP contribution in [0.1, 0.15) is 24.4 Å². The normalized spacial score (nSPS) is 13.1. The van der Waals surface area contributed by atoms with Gasteiger partial charge in [-0.2, -0.15) is 4.98 Å². The number of nitrogens with zero attached hydrogens (tertiary/aromatic N) is 3. The quantitative estimate of drug-likeness (QED) is 0.642. The van der Waals surface area contributed by atoms with Crippen molar-refractivity contribution in [1.29, 1.82) is 0 Å². The molecule has 0 saturated heterocycles. The average Bonchev–Trinajstić information content (AvgIpc) is 3.09. The van der Waals surface area contributed by atoms with Crippen molar-refractivity contribution in [2.45, 2.75) is 24.4 Å². The Bertz CT molecular complexity index is 1020. The zero-order valence-corrected chi connectivity index (χ0v) is 16.1. The van der Waals surface area contributed by atoms with Crippen molar-refractivity contribution >= 4 is 9.84 Å². The van der Waals surface area contributed by atoms with Crippen LogP contribution in [0.15, 0.2) is 57.9 Å². The molecule has 0 fully saturated rings. The zero-order valence-electron chi connectivity index (χ0n) is 15.3. The van der Waals surface area contributed by atoms with E-state index in [0.717, 1.165) is 5.56 Å². The van der Waals surface area contributed by atoms with E-state index < -0.39 is 9.84 Å². The van der Waals surface area contributed by atoms with Crippen molar-refractivity contribution in [2.75, 3.05) is 13.3 Å². The monoisotopic (exact) mass is 389 g/mol. The van der Waals surface area contributed by atoms with Crippen molar-refractivity contribution in [3.05, 3.63) is 65.8 Å². The second kappa shape index (κ2) is 7.58. The van der Waals surface area contributed by atoms with Gasteiger partial charge in [0.25, 0.3) is 0 Å². The maximum Gasteiger partial charge on any atom is 0.241 e. The van der Waals surface area contributed by atoms with Crippen LogP contribution in [0.25, 0.3) is 11.4 Å². The highest BCUT2D eigenvalue weighted by molar-refractivity contribution is 7.90. The number of aromatic nitrogens is 2. The smallest absolute Gasteiger partial charge is 0.241 e. The van der Waals surface area contributed by atoms with E-state index in [-0.39, 0.29) is 11.9 Å². The van der Waals surface area contributed by atoms with Crippen LogP contribution in [-0.2, 0) is 16.4 Å². The van der Waals surface area contributed by atoms with E-state index in [2.05, 4.69) is 10.1 Å². The van der Waals surface area contributed by atoms with E-state index in [1.165, 1.54) is 18.4 Å². The summed E-state index contributed by atoms with van der Waals surface area (Å²) in [5.41, 5.74) is 1.65. The number of halogens is 1. The van der Waals surface area contributed by atoms with Gasteiger partial charge in [0.2, 0.25) is 11.7 Å². The molecule has 1 aromatic heterocycles. The largest absolute Gasteiger partial charge is 0.338 e. The molecule has 2 aromatic carbocycles. The topological polar surface area (TPSA) is 76.3 Å². The average molecular weight is 389 g/mol. The molecule has 3 aromatic rings. The molecule has 0 aliphatic carbocycles. The first-order chi connectivity index (χ1) is 12.7. The molecular formula is C19H20FN3O3S. The standard InChI is InChI=1S/C19H20FN3O3S/c1-13(14-6-10-17(11-7-14)27(3,24)25)23(2)12-18-21-19(22-26-18)15-4-8-16(20)9-5-15/h4-11,13H,12H2,1-3H3. The fraction of sp³-hybridized carbons (Fsp3) is 0.263. The minimum atomic E-state index is -3.21. The molecular weight excluding hydrogens is 369 g/mol. The first-order valence-corrected chi connectivity index (χ1v) is 10.2. The summed E-state index contributed by atoms with van der Waals surface area (Å²) in [5, 5.41) is 3.94. The van der Waals surface area contributed by atoms with Gasteiger partial charge in [-0.3, -0.25) is 4.90 Å². The highest BCUT2D eigenvalue weighted by Crippen LogP contribution is 2.23. The molecule has 0 aliphatic rings. The van der Waals surface area contributed by atoms with Gasteiger partial charge in [0, 0.05) is 17.9 Å². The molecule has 0 amide bonds. The molecule has 0 N–H and O–H groups in total. The third-order valence-electron chi connectivity index (χ3n) is 4.41. The van der Waals surface area contributed by atoms with E-state index in [0.29, 0.717) is 28.7 Å². The maximum atomic E-state index is 13.0. The highest BCUT2D eigenvalue weighted by atomic mass is 32.2. The predicted octanol–water partition coefficient (Wildman–Crippen LogP) is 3.47. The third kappa shape index (κ3) is 4.58. The minimum Gasteiger partial charge on any atom is -0.338 e. The summed E-state index contributed by atoms with van der Waals surface area (Å²) in [6.45, 7) is 2.43. The molecule has 0 radical (unpaired) electrons. The summed E-state index contributed by atoms with van der Waals surface area (Å²) in [6.07, 6.45) is 1.19. The summed E-state index contributed by atoms with van der Waals surface area (Å²) in [6, 6.07) is 12.7. The molecule has 1 heterocycles. The number of sulfone groups is 1. The van der Waals surface area contributed by atoms with Crippen LogP contribution in [0.5, 0.6) is 0 Å². The van der Waals surface area contributed by atoms with Gasteiger partial charge in [-0.25, -0.2) is 12.8 Å². The zero-order chi connectivity index (χ0) is 19.6. The van der Waals surface area contributed by atoms with E-state index >= 15 is 0 Å². The van der Waals surface area contributed by atoms with Gasteiger partial charge in [0.1, 0.15) is 5.82 Å². The van der Waals surface area contributed by atoms with Gasteiger partial charge in [-0.1, -0.05) is 17.3 Å². The Balaban J connectivity index is 1.69. The second-order valence-corrected chi connectivity index (χ2v) is 8.47. The Morgan fingerprint density at radius 2 is 1.74 bits per heavy atom. The van der Waals surface area contributed by atoms with Gasteiger partial charge in [0.05, 0.1) is 11.4 Å². The Morgan fingerprint density at radius 3 is 2.33 bits per heavy atom. The Morgan fingerprint density at radius 1 is 1.11 bits per heavy atom. The summed E-state index contributed by atoms with van der Waals surface area (Å²) in [7, 11) is -1.30. The molecule has 3 rings (SSSR count). The van der Waals surface area contributed by atoms with Crippen LogP contribution in [0.4, 0.5) is 4.39 Å². The fourth-order valence-electron chi connectivity index (χ4n) is 2.63. The number of hydrogen-bond acceptors (Lipinski definition) is 6. The Hall–Kier alpha value is -2.58. The fourth-order valence-corrected chi connectivity index (χ4v) is 3.26. The minimum absolute atomic E-state index is 0.0137. The number of benzene rings is 2. The van der Waals surface area contributed by atoms with Crippen molar-refractivity contribution < 1.29 is 17.3 Å². The first kappa shape index (κ1) is 19.2. The van der Waals surface area contributed by atoms with Gasteiger partial charge >= 0.3 is 0 Å². The lowest BCUT2D eigenvalue weighted by Gasteiger charge is -2.23. The molecule has 8 heteroatoms. The maximum absolute atomic E-state index is 13.0. The molecule has 1 unspecified atom stereocenters. The molecule has 0 bridgehead atoms.